The van der Waals surface area contributed by atoms with Crippen LogP contribution in [0.15, 0.2) is 41.0 Å². The van der Waals surface area contributed by atoms with Gasteiger partial charge in [0.15, 0.2) is 12.4 Å². The molecule has 0 saturated carbocycles. The van der Waals surface area contributed by atoms with Crippen LogP contribution >= 0.6 is 22.6 Å². The lowest BCUT2D eigenvalue weighted by Gasteiger charge is -2.34. The fraction of sp³-hybridized carbons (Fsp3) is 0.278. The normalized spacial score (nSPS) is 14.1. The number of carbonyl (C=O) groups excluding carboxylic acids is 3. The number of nitrogens with zero attached hydrogens (tertiary/aromatic N) is 2. The summed E-state index contributed by atoms with van der Waals surface area (Å²) >= 11 is 2.01. The zero-order valence-corrected chi connectivity index (χ0v) is 16.4. The molecule has 2 heterocycles. The first-order valence-electron chi connectivity index (χ1n) is 8.22. The van der Waals surface area contributed by atoms with Gasteiger partial charge in [0.2, 0.25) is 0 Å². The van der Waals surface area contributed by atoms with E-state index in [2.05, 4.69) is 0 Å². The van der Waals surface area contributed by atoms with Gasteiger partial charge in [0.25, 0.3) is 11.8 Å². The largest absolute Gasteiger partial charge is 0.507 e. The van der Waals surface area contributed by atoms with E-state index in [0.717, 1.165) is 3.57 Å². The fourth-order valence-corrected chi connectivity index (χ4v) is 3.17. The first-order valence-corrected chi connectivity index (χ1v) is 9.30. The molecule has 0 atom stereocenters. The number of phenolic OH excluding ortho intramolecular Hbond substituents is 1. The molecule has 2 amide bonds. The van der Waals surface area contributed by atoms with Gasteiger partial charge in [-0.15, -0.1) is 0 Å². The lowest BCUT2D eigenvalue weighted by molar-refractivity contribution is -0.136. The van der Waals surface area contributed by atoms with Crippen molar-refractivity contribution >= 4 is 40.4 Å². The maximum absolute atomic E-state index is 12.3. The second-order valence-electron chi connectivity index (χ2n) is 5.89. The Bertz CT molecular complexity index is 844. The molecule has 1 aliphatic rings. The average molecular weight is 484 g/mol. The SMILES string of the molecule is O=C(OCC(=O)N1CCN(C(=O)c2ccco2)CC1)c1cc(I)ccc1O. The van der Waals surface area contributed by atoms with Crippen LogP contribution in [0.1, 0.15) is 20.9 Å². The molecule has 2 aromatic rings. The molecule has 1 N–H and O–H groups in total. The number of benzene rings is 1. The standard InChI is InChI=1S/C18H17IN2O6/c19-12-3-4-14(22)13(10-12)18(25)27-11-16(23)20-5-7-21(8-6-20)17(24)15-2-1-9-26-15/h1-4,9-10,22H,5-8,11H2. The molecule has 142 valence electrons. The molecule has 1 fully saturated rings. The van der Waals surface area contributed by atoms with E-state index in [4.69, 9.17) is 9.15 Å². The predicted molar refractivity (Wildman–Crippen MR) is 102 cm³/mol. The molecule has 3 rings (SSSR count). The molecular weight excluding hydrogens is 467 g/mol. The number of esters is 1. The van der Waals surface area contributed by atoms with Crippen molar-refractivity contribution in [3.8, 4) is 5.75 Å². The van der Waals surface area contributed by atoms with Gasteiger partial charge in [-0.05, 0) is 52.9 Å². The van der Waals surface area contributed by atoms with Gasteiger partial charge < -0.3 is 24.1 Å². The highest BCUT2D eigenvalue weighted by Crippen LogP contribution is 2.20. The van der Waals surface area contributed by atoms with E-state index < -0.39 is 12.6 Å². The van der Waals surface area contributed by atoms with Gasteiger partial charge in [0.1, 0.15) is 11.3 Å². The number of amides is 2. The van der Waals surface area contributed by atoms with Crippen molar-refractivity contribution in [1.29, 1.82) is 0 Å². The Hall–Kier alpha value is -2.56. The van der Waals surface area contributed by atoms with Gasteiger partial charge in [-0.3, -0.25) is 9.59 Å². The van der Waals surface area contributed by atoms with Gasteiger partial charge in [-0.25, -0.2) is 4.79 Å². The van der Waals surface area contributed by atoms with E-state index in [1.54, 1.807) is 23.1 Å². The molecule has 1 aromatic heterocycles. The molecular formula is C18H17IN2O6. The first-order chi connectivity index (χ1) is 13.0. The third kappa shape index (κ3) is 4.59. The highest BCUT2D eigenvalue weighted by molar-refractivity contribution is 14.1. The molecule has 0 bridgehead atoms. The summed E-state index contributed by atoms with van der Waals surface area (Å²) in [6.07, 6.45) is 1.44. The van der Waals surface area contributed by atoms with Crippen LogP contribution in [-0.4, -0.2) is 65.5 Å². The molecule has 9 heteroatoms. The second-order valence-corrected chi connectivity index (χ2v) is 7.13. The van der Waals surface area contributed by atoms with Gasteiger partial charge in [0.05, 0.1) is 6.26 Å². The average Bonchev–Trinajstić information content (AvgIpc) is 3.22. The quantitative estimate of drug-likeness (QED) is 0.525. The van der Waals surface area contributed by atoms with Crippen molar-refractivity contribution in [1.82, 2.24) is 9.80 Å². The van der Waals surface area contributed by atoms with E-state index in [1.165, 1.54) is 23.3 Å². The maximum Gasteiger partial charge on any atom is 0.342 e. The Labute approximate surface area is 168 Å². The van der Waals surface area contributed by atoms with Crippen LogP contribution < -0.4 is 0 Å². The number of hydrogen-bond acceptors (Lipinski definition) is 6. The summed E-state index contributed by atoms with van der Waals surface area (Å²) in [5, 5.41) is 9.73. The monoisotopic (exact) mass is 484 g/mol. The summed E-state index contributed by atoms with van der Waals surface area (Å²) in [4.78, 5) is 39.7. The van der Waals surface area contributed by atoms with Crippen molar-refractivity contribution in [2.45, 2.75) is 0 Å². The zero-order valence-electron chi connectivity index (χ0n) is 14.3. The minimum Gasteiger partial charge on any atom is -0.507 e. The lowest BCUT2D eigenvalue weighted by Crippen LogP contribution is -2.51. The number of phenols is 1. The molecule has 1 saturated heterocycles. The van der Waals surface area contributed by atoms with E-state index >= 15 is 0 Å². The lowest BCUT2D eigenvalue weighted by atomic mass is 10.2. The molecule has 0 spiro atoms. The van der Waals surface area contributed by atoms with Crippen molar-refractivity contribution < 1.29 is 28.6 Å². The number of aromatic hydroxyl groups is 1. The van der Waals surface area contributed by atoms with Crippen LogP contribution in [0.3, 0.4) is 0 Å². The molecule has 1 aliphatic heterocycles. The van der Waals surface area contributed by atoms with Crippen LogP contribution in [0, 0.1) is 3.57 Å². The minimum absolute atomic E-state index is 0.0172. The van der Waals surface area contributed by atoms with E-state index in [0.29, 0.717) is 26.2 Å². The summed E-state index contributed by atoms with van der Waals surface area (Å²) in [6.45, 7) is 1.01. The molecule has 0 unspecified atom stereocenters. The molecule has 1 aromatic carbocycles. The highest BCUT2D eigenvalue weighted by atomic mass is 127. The van der Waals surface area contributed by atoms with Crippen molar-refractivity contribution in [2.24, 2.45) is 0 Å². The van der Waals surface area contributed by atoms with Crippen molar-refractivity contribution in [3.63, 3.8) is 0 Å². The summed E-state index contributed by atoms with van der Waals surface area (Å²) in [7, 11) is 0. The number of furan rings is 1. The van der Waals surface area contributed by atoms with Crippen LogP contribution in [0.2, 0.25) is 0 Å². The van der Waals surface area contributed by atoms with Gasteiger partial charge in [0, 0.05) is 29.7 Å². The highest BCUT2D eigenvalue weighted by Gasteiger charge is 2.26. The molecule has 0 radical (unpaired) electrons. The summed E-state index contributed by atoms with van der Waals surface area (Å²) in [5.41, 5.74) is 0.0172. The zero-order chi connectivity index (χ0) is 19.4. The summed E-state index contributed by atoms with van der Waals surface area (Å²) < 4.78 is 10.9. The van der Waals surface area contributed by atoms with Gasteiger partial charge in [-0.1, -0.05) is 0 Å². The Morgan fingerprint density at radius 1 is 1.11 bits per heavy atom. The van der Waals surface area contributed by atoms with Gasteiger partial charge >= 0.3 is 5.97 Å². The number of rotatable bonds is 4. The number of carbonyl (C=O) groups is 3. The van der Waals surface area contributed by atoms with Crippen LogP contribution in [-0.2, 0) is 9.53 Å². The minimum atomic E-state index is -0.758. The Morgan fingerprint density at radius 2 is 1.81 bits per heavy atom. The van der Waals surface area contributed by atoms with Crippen LogP contribution in [0.5, 0.6) is 5.75 Å². The topological polar surface area (TPSA) is 100 Å². The van der Waals surface area contributed by atoms with Crippen molar-refractivity contribution in [3.05, 3.63) is 51.5 Å². The third-order valence-corrected chi connectivity index (χ3v) is 4.83. The van der Waals surface area contributed by atoms with E-state index in [-0.39, 0.29) is 28.9 Å². The first kappa shape index (κ1) is 19.2. The summed E-state index contributed by atoms with van der Waals surface area (Å²) in [5.74, 6) is -1.25. The number of hydrogen-bond donors (Lipinski definition) is 1. The Kier molecular flexibility index (Phi) is 5.99. The number of ether oxygens (including phenoxy) is 1. The molecule has 0 aliphatic carbocycles. The number of halogens is 1. The summed E-state index contributed by atoms with van der Waals surface area (Å²) in [6, 6.07) is 7.78. The van der Waals surface area contributed by atoms with E-state index in [9.17, 15) is 19.5 Å². The second kappa shape index (κ2) is 8.42. The number of piperazine rings is 1. The predicted octanol–water partition coefficient (Wildman–Crippen LogP) is 1.73. The fourth-order valence-electron chi connectivity index (χ4n) is 2.68. The van der Waals surface area contributed by atoms with Crippen LogP contribution in [0.4, 0.5) is 0 Å². The van der Waals surface area contributed by atoms with Crippen LogP contribution in [0.25, 0.3) is 0 Å². The maximum atomic E-state index is 12.3. The Morgan fingerprint density at radius 3 is 2.48 bits per heavy atom. The third-order valence-electron chi connectivity index (χ3n) is 4.16. The molecule has 27 heavy (non-hydrogen) atoms. The smallest absolute Gasteiger partial charge is 0.342 e. The molecule has 8 nitrogen and oxygen atoms in total. The van der Waals surface area contributed by atoms with E-state index in [1.807, 2.05) is 22.6 Å². The van der Waals surface area contributed by atoms with Gasteiger partial charge in [-0.2, -0.15) is 0 Å². The van der Waals surface area contributed by atoms with Crippen molar-refractivity contribution in [2.75, 3.05) is 32.8 Å². The Balaban J connectivity index is 1.49.